The summed E-state index contributed by atoms with van der Waals surface area (Å²) in [5.41, 5.74) is 8.32. The van der Waals surface area contributed by atoms with E-state index in [1.54, 1.807) is 0 Å². The molecule has 21 heavy (non-hydrogen) atoms. The highest BCUT2D eigenvalue weighted by molar-refractivity contribution is 5.97. The third-order valence-electron chi connectivity index (χ3n) is 3.59. The number of ether oxygens (including phenoxy) is 1. The molecule has 108 valence electrons. The summed E-state index contributed by atoms with van der Waals surface area (Å²) in [7, 11) is 0. The molecule has 2 N–H and O–H groups in total. The van der Waals surface area contributed by atoms with E-state index in [9.17, 15) is 0 Å². The monoisotopic (exact) mass is 281 g/mol. The van der Waals surface area contributed by atoms with Gasteiger partial charge in [0.2, 0.25) is 0 Å². The van der Waals surface area contributed by atoms with Crippen LogP contribution in [0.15, 0.2) is 59.6 Å². The van der Waals surface area contributed by atoms with E-state index in [2.05, 4.69) is 34.2 Å². The SMILES string of the molecule is CCOc1ccc(C2CN=C(N)N2c2ccccc2)cc1. The van der Waals surface area contributed by atoms with Gasteiger partial charge in [0.25, 0.3) is 0 Å². The average Bonchev–Trinajstić information content (AvgIpc) is 2.91. The van der Waals surface area contributed by atoms with Crippen LogP contribution in [0.3, 0.4) is 0 Å². The van der Waals surface area contributed by atoms with Crippen LogP contribution in [0.2, 0.25) is 0 Å². The normalized spacial score (nSPS) is 17.7. The molecule has 2 aromatic rings. The molecule has 1 aliphatic heterocycles. The highest BCUT2D eigenvalue weighted by Crippen LogP contribution is 2.31. The van der Waals surface area contributed by atoms with Crippen LogP contribution in [-0.2, 0) is 0 Å². The second-order valence-corrected chi connectivity index (χ2v) is 4.92. The molecule has 1 heterocycles. The quantitative estimate of drug-likeness (QED) is 0.937. The van der Waals surface area contributed by atoms with E-state index in [-0.39, 0.29) is 6.04 Å². The molecule has 3 rings (SSSR count). The van der Waals surface area contributed by atoms with Gasteiger partial charge in [-0.2, -0.15) is 0 Å². The van der Waals surface area contributed by atoms with Crippen LogP contribution in [0.4, 0.5) is 5.69 Å². The third kappa shape index (κ3) is 2.70. The van der Waals surface area contributed by atoms with Crippen LogP contribution in [0.5, 0.6) is 5.75 Å². The summed E-state index contributed by atoms with van der Waals surface area (Å²) >= 11 is 0. The first-order valence-corrected chi connectivity index (χ1v) is 7.16. The number of anilines is 1. The van der Waals surface area contributed by atoms with Crippen molar-refractivity contribution in [3.63, 3.8) is 0 Å². The number of hydrogen-bond acceptors (Lipinski definition) is 4. The third-order valence-corrected chi connectivity index (χ3v) is 3.59. The fourth-order valence-corrected chi connectivity index (χ4v) is 2.61. The van der Waals surface area contributed by atoms with Gasteiger partial charge in [0.15, 0.2) is 5.96 Å². The topological polar surface area (TPSA) is 50.9 Å². The van der Waals surface area contributed by atoms with Crippen LogP contribution in [0.1, 0.15) is 18.5 Å². The number of para-hydroxylation sites is 1. The van der Waals surface area contributed by atoms with E-state index >= 15 is 0 Å². The minimum atomic E-state index is 0.142. The lowest BCUT2D eigenvalue weighted by molar-refractivity contribution is 0.340. The van der Waals surface area contributed by atoms with Crippen LogP contribution in [0.25, 0.3) is 0 Å². The maximum atomic E-state index is 6.07. The lowest BCUT2D eigenvalue weighted by atomic mass is 10.1. The van der Waals surface area contributed by atoms with Gasteiger partial charge < -0.3 is 15.4 Å². The van der Waals surface area contributed by atoms with Crippen molar-refractivity contribution in [3.05, 3.63) is 60.2 Å². The lowest BCUT2D eigenvalue weighted by Crippen LogP contribution is -2.36. The molecule has 0 spiro atoms. The molecule has 1 unspecified atom stereocenters. The van der Waals surface area contributed by atoms with Crippen molar-refractivity contribution in [1.82, 2.24) is 0 Å². The number of guanidine groups is 1. The largest absolute Gasteiger partial charge is 0.494 e. The van der Waals surface area contributed by atoms with Gasteiger partial charge in [-0.25, -0.2) is 0 Å². The van der Waals surface area contributed by atoms with E-state index in [1.165, 1.54) is 5.56 Å². The minimum Gasteiger partial charge on any atom is -0.494 e. The molecule has 0 saturated carbocycles. The second kappa shape index (κ2) is 5.87. The minimum absolute atomic E-state index is 0.142. The molecule has 2 aromatic carbocycles. The Hall–Kier alpha value is -2.49. The van der Waals surface area contributed by atoms with E-state index in [0.717, 1.165) is 11.4 Å². The van der Waals surface area contributed by atoms with Crippen LogP contribution >= 0.6 is 0 Å². The number of hydrogen-bond donors (Lipinski definition) is 1. The first-order valence-electron chi connectivity index (χ1n) is 7.16. The lowest BCUT2D eigenvalue weighted by Gasteiger charge is -2.26. The Morgan fingerprint density at radius 3 is 2.52 bits per heavy atom. The van der Waals surface area contributed by atoms with Gasteiger partial charge in [0, 0.05) is 5.69 Å². The highest BCUT2D eigenvalue weighted by Gasteiger charge is 2.28. The molecule has 0 bridgehead atoms. The molecule has 0 aliphatic carbocycles. The molecule has 4 heteroatoms. The van der Waals surface area contributed by atoms with Crippen LogP contribution < -0.4 is 15.4 Å². The summed E-state index contributed by atoms with van der Waals surface area (Å²) in [5, 5.41) is 0. The van der Waals surface area contributed by atoms with Crippen LogP contribution in [0, 0.1) is 0 Å². The van der Waals surface area contributed by atoms with Gasteiger partial charge in [-0.1, -0.05) is 30.3 Å². The fraction of sp³-hybridized carbons (Fsp3) is 0.235. The predicted molar refractivity (Wildman–Crippen MR) is 85.8 cm³/mol. The summed E-state index contributed by atoms with van der Waals surface area (Å²) < 4.78 is 5.49. The van der Waals surface area contributed by atoms with Gasteiger partial charge in [-0.05, 0) is 36.8 Å². The van der Waals surface area contributed by atoms with Crippen molar-refractivity contribution in [1.29, 1.82) is 0 Å². The van der Waals surface area contributed by atoms with Crippen molar-refractivity contribution >= 4 is 11.6 Å². The fourth-order valence-electron chi connectivity index (χ4n) is 2.61. The zero-order valence-corrected chi connectivity index (χ0v) is 12.1. The van der Waals surface area contributed by atoms with E-state index < -0.39 is 0 Å². The van der Waals surface area contributed by atoms with E-state index in [1.807, 2.05) is 37.3 Å². The Kier molecular flexibility index (Phi) is 3.77. The number of rotatable bonds is 4. The highest BCUT2D eigenvalue weighted by atomic mass is 16.5. The Bertz CT molecular complexity index is 622. The summed E-state index contributed by atoms with van der Waals surface area (Å²) in [6.45, 7) is 3.33. The zero-order valence-electron chi connectivity index (χ0n) is 12.1. The number of benzene rings is 2. The van der Waals surface area contributed by atoms with Gasteiger partial charge >= 0.3 is 0 Å². The van der Waals surface area contributed by atoms with Gasteiger partial charge in [-0.3, -0.25) is 4.99 Å². The number of aliphatic imine (C=N–C) groups is 1. The van der Waals surface area contributed by atoms with Gasteiger partial charge in [-0.15, -0.1) is 0 Å². The molecule has 1 atom stereocenters. The number of nitrogens with zero attached hydrogens (tertiary/aromatic N) is 2. The Morgan fingerprint density at radius 1 is 1.14 bits per heavy atom. The smallest absolute Gasteiger partial charge is 0.196 e. The summed E-state index contributed by atoms with van der Waals surface area (Å²) in [6, 6.07) is 18.4. The Morgan fingerprint density at radius 2 is 1.86 bits per heavy atom. The molecule has 4 nitrogen and oxygen atoms in total. The van der Waals surface area contributed by atoms with Crippen LogP contribution in [-0.4, -0.2) is 19.1 Å². The van der Waals surface area contributed by atoms with Gasteiger partial charge in [0.05, 0.1) is 19.2 Å². The van der Waals surface area contributed by atoms with Crippen molar-refractivity contribution in [3.8, 4) is 5.75 Å². The first-order chi connectivity index (χ1) is 10.3. The summed E-state index contributed by atoms with van der Waals surface area (Å²) in [6.07, 6.45) is 0. The molecule has 0 radical (unpaired) electrons. The molecule has 0 fully saturated rings. The maximum Gasteiger partial charge on any atom is 0.196 e. The van der Waals surface area contributed by atoms with Crippen molar-refractivity contribution in [2.24, 2.45) is 10.7 Å². The molecule has 1 aliphatic rings. The summed E-state index contributed by atoms with van der Waals surface area (Å²) in [5.74, 6) is 1.46. The average molecular weight is 281 g/mol. The van der Waals surface area contributed by atoms with Crippen molar-refractivity contribution in [2.75, 3.05) is 18.1 Å². The van der Waals surface area contributed by atoms with E-state index in [4.69, 9.17) is 10.5 Å². The molecular weight excluding hydrogens is 262 g/mol. The Labute approximate surface area is 124 Å². The van der Waals surface area contributed by atoms with E-state index in [0.29, 0.717) is 19.1 Å². The summed E-state index contributed by atoms with van der Waals surface area (Å²) in [4.78, 5) is 6.48. The molecule has 0 amide bonds. The number of nitrogens with two attached hydrogens (primary N) is 1. The molecule has 0 saturated heterocycles. The molecule has 0 aromatic heterocycles. The first kappa shape index (κ1) is 13.5. The maximum absolute atomic E-state index is 6.07. The standard InChI is InChI=1S/C17H19N3O/c1-2-21-15-10-8-13(9-11-15)16-12-19-17(18)20(16)14-6-4-3-5-7-14/h3-11,16H,2,12H2,1H3,(H2,18,19). The molecular formula is C17H19N3O. The Balaban J connectivity index is 1.87. The van der Waals surface area contributed by atoms with Crippen molar-refractivity contribution < 1.29 is 4.74 Å². The zero-order chi connectivity index (χ0) is 14.7. The van der Waals surface area contributed by atoms with Gasteiger partial charge in [0.1, 0.15) is 5.75 Å². The second-order valence-electron chi connectivity index (χ2n) is 4.92. The van der Waals surface area contributed by atoms with Crippen molar-refractivity contribution in [2.45, 2.75) is 13.0 Å². The predicted octanol–water partition coefficient (Wildman–Crippen LogP) is 2.96.